The van der Waals surface area contributed by atoms with Crippen molar-refractivity contribution in [1.29, 1.82) is 0 Å². The predicted molar refractivity (Wildman–Crippen MR) is 104 cm³/mol. The number of ether oxygens (including phenoxy) is 2. The summed E-state index contributed by atoms with van der Waals surface area (Å²) >= 11 is 0. The molecule has 1 heterocycles. The summed E-state index contributed by atoms with van der Waals surface area (Å²) in [7, 11) is -1.94. The molecule has 2 rings (SSSR count). The Labute approximate surface area is 155 Å². The molecule has 2 aliphatic rings. The van der Waals surface area contributed by atoms with E-state index in [1.165, 1.54) is 0 Å². The van der Waals surface area contributed by atoms with Crippen molar-refractivity contribution in [3.05, 3.63) is 12.2 Å². The van der Waals surface area contributed by atoms with Gasteiger partial charge in [-0.25, -0.2) is 0 Å². The highest BCUT2D eigenvalue weighted by Crippen LogP contribution is 2.46. The van der Waals surface area contributed by atoms with Crippen molar-refractivity contribution < 1.29 is 19.0 Å². The van der Waals surface area contributed by atoms with Crippen LogP contribution in [0.2, 0.25) is 18.1 Å². The van der Waals surface area contributed by atoms with Gasteiger partial charge in [0.05, 0.1) is 11.7 Å². The van der Waals surface area contributed by atoms with Crippen molar-refractivity contribution in [2.75, 3.05) is 0 Å². The van der Waals surface area contributed by atoms with Crippen LogP contribution in [-0.2, 0) is 13.9 Å². The lowest BCUT2D eigenvalue weighted by atomic mass is 9.81. The molecule has 4 atom stereocenters. The minimum Gasteiger partial charge on any atom is -0.411 e. The van der Waals surface area contributed by atoms with E-state index in [4.69, 9.17) is 13.9 Å². The van der Waals surface area contributed by atoms with Crippen molar-refractivity contribution in [2.45, 2.75) is 109 Å². The molecular formula is C20H38O4Si. The maximum atomic E-state index is 10.6. The van der Waals surface area contributed by atoms with Gasteiger partial charge in [-0.2, -0.15) is 0 Å². The fraction of sp³-hybridized carbons (Fsp3) is 0.900. The summed E-state index contributed by atoms with van der Waals surface area (Å²) in [6.45, 7) is 23.2. The van der Waals surface area contributed by atoms with E-state index in [9.17, 15) is 5.11 Å². The topological polar surface area (TPSA) is 47.9 Å². The van der Waals surface area contributed by atoms with Crippen LogP contribution in [0.5, 0.6) is 0 Å². The van der Waals surface area contributed by atoms with Crippen molar-refractivity contribution in [2.24, 2.45) is 5.92 Å². The van der Waals surface area contributed by atoms with Crippen LogP contribution in [0.25, 0.3) is 0 Å². The molecule has 0 radical (unpaired) electrons. The van der Waals surface area contributed by atoms with E-state index in [0.29, 0.717) is 0 Å². The molecule has 1 saturated carbocycles. The van der Waals surface area contributed by atoms with E-state index >= 15 is 0 Å². The fourth-order valence-corrected chi connectivity index (χ4v) is 5.08. The first-order chi connectivity index (χ1) is 11.1. The molecule has 4 nitrogen and oxygen atoms in total. The minimum atomic E-state index is -1.94. The summed E-state index contributed by atoms with van der Waals surface area (Å²) in [5.41, 5.74) is 0.105. The quantitative estimate of drug-likeness (QED) is 0.581. The van der Waals surface area contributed by atoms with Crippen molar-refractivity contribution in [3.8, 4) is 0 Å². The monoisotopic (exact) mass is 370 g/mol. The fourth-order valence-electron chi connectivity index (χ4n) is 3.71. The smallest absolute Gasteiger partial charge is 0.192 e. The number of fused-ring (bicyclic) bond motifs is 1. The van der Waals surface area contributed by atoms with Gasteiger partial charge >= 0.3 is 0 Å². The molecule has 2 fully saturated rings. The van der Waals surface area contributed by atoms with Crippen LogP contribution in [0.15, 0.2) is 12.2 Å². The van der Waals surface area contributed by atoms with E-state index in [1.807, 2.05) is 27.7 Å². The molecule has 1 aliphatic heterocycles. The van der Waals surface area contributed by atoms with Crippen LogP contribution in [0.4, 0.5) is 0 Å². The third-order valence-corrected chi connectivity index (χ3v) is 10.7. The highest BCUT2D eigenvalue weighted by molar-refractivity contribution is 6.74. The van der Waals surface area contributed by atoms with Gasteiger partial charge in [0, 0.05) is 5.92 Å². The summed E-state index contributed by atoms with van der Waals surface area (Å²) in [6, 6.07) is 0. The Morgan fingerprint density at radius 3 is 2.16 bits per heavy atom. The van der Waals surface area contributed by atoms with Gasteiger partial charge in [0.25, 0.3) is 0 Å². The maximum Gasteiger partial charge on any atom is 0.192 e. The van der Waals surface area contributed by atoms with Gasteiger partial charge in [-0.15, -0.1) is 0 Å². The first-order valence-electron chi connectivity index (χ1n) is 9.50. The molecule has 0 aromatic carbocycles. The molecule has 0 bridgehead atoms. The number of aliphatic hydroxyl groups is 1. The van der Waals surface area contributed by atoms with E-state index < -0.39 is 19.7 Å². The zero-order chi connectivity index (χ0) is 19.4. The van der Waals surface area contributed by atoms with Gasteiger partial charge < -0.3 is 19.0 Å². The van der Waals surface area contributed by atoms with E-state index in [0.717, 1.165) is 18.4 Å². The Kier molecular flexibility index (Phi) is 5.44. The molecular weight excluding hydrogens is 332 g/mol. The number of rotatable bonds is 3. The molecule has 0 aromatic rings. The lowest BCUT2D eigenvalue weighted by Gasteiger charge is -2.40. The number of hydrogen-bond acceptors (Lipinski definition) is 4. The molecule has 25 heavy (non-hydrogen) atoms. The van der Waals surface area contributed by atoms with Crippen molar-refractivity contribution in [1.82, 2.24) is 0 Å². The third-order valence-electron chi connectivity index (χ3n) is 6.15. The SMILES string of the molecule is C=C1[C@H](C(C)(C)O)CC[C@@H](O[Si](C)(C)C(C)(C)C)C2OC(C)(C)O[C@@H]12. The number of hydrogen-bond donors (Lipinski definition) is 1. The molecule has 0 aromatic heterocycles. The summed E-state index contributed by atoms with van der Waals surface area (Å²) in [6.07, 6.45) is 1.26. The average Bonchev–Trinajstić information content (AvgIpc) is 2.64. The first-order valence-corrected chi connectivity index (χ1v) is 12.4. The van der Waals surface area contributed by atoms with Gasteiger partial charge in [0.2, 0.25) is 0 Å². The van der Waals surface area contributed by atoms with E-state index in [-0.39, 0.29) is 29.3 Å². The summed E-state index contributed by atoms with van der Waals surface area (Å²) in [5.74, 6) is -0.681. The normalized spacial score (nSPS) is 33.9. The molecule has 5 heteroatoms. The second-order valence-corrected chi connectivity index (χ2v) is 15.1. The van der Waals surface area contributed by atoms with Crippen LogP contribution in [-0.4, -0.2) is 43.1 Å². The molecule has 146 valence electrons. The molecule has 1 N–H and O–H groups in total. The maximum absolute atomic E-state index is 10.6. The van der Waals surface area contributed by atoms with E-state index in [1.54, 1.807) is 0 Å². The van der Waals surface area contributed by atoms with Crippen LogP contribution in [0, 0.1) is 5.92 Å². The zero-order valence-electron chi connectivity index (χ0n) is 17.6. The summed E-state index contributed by atoms with van der Waals surface area (Å²) in [5, 5.41) is 10.8. The zero-order valence-corrected chi connectivity index (χ0v) is 18.6. The Bertz CT molecular complexity index is 513. The first kappa shape index (κ1) is 21.1. The van der Waals surface area contributed by atoms with Gasteiger partial charge in [0.15, 0.2) is 14.1 Å². The van der Waals surface area contributed by atoms with Crippen LogP contribution in [0.1, 0.15) is 61.3 Å². The van der Waals surface area contributed by atoms with Crippen LogP contribution in [0.3, 0.4) is 0 Å². The highest BCUT2D eigenvalue weighted by Gasteiger charge is 2.53. The van der Waals surface area contributed by atoms with E-state index in [2.05, 4.69) is 40.4 Å². The largest absolute Gasteiger partial charge is 0.411 e. The molecule has 1 unspecified atom stereocenters. The second-order valence-electron chi connectivity index (χ2n) is 10.3. The van der Waals surface area contributed by atoms with Gasteiger partial charge in [-0.3, -0.25) is 0 Å². The lowest BCUT2D eigenvalue weighted by Crippen LogP contribution is -2.48. The van der Waals surface area contributed by atoms with Crippen molar-refractivity contribution >= 4 is 8.32 Å². The molecule has 1 saturated heterocycles. The van der Waals surface area contributed by atoms with Gasteiger partial charge in [-0.1, -0.05) is 27.4 Å². The summed E-state index contributed by atoms with van der Waals surface area (Å²) < 4.78 is 19.2. The molecule has 1 aliphatic carbocycles. The van der Waals surface area contributed by atoms with Gasteiger partial charge in [-0.05, 0) is 64.2 Å². The Morgan fingerprint density at radius 1 is 1.12 bits per heavy atom. The van der Waals surface area contributed by atoms with Gasteiger partial charge in [0.1, 0.15) is 12.2 Å². The second kappa shape index (κ2) is 6.45. The van der Waals surface area contributed by atoms with Crippen molar-refractivity contribution in [3.63, 3.8) is 0 Å². The third kappa shape index (κ3) is 4.38. The molecule has 0 amide bonds. The average molecular weight is 371 g/mol. The minimum absolute atomic E-state index is 0.0227. The van der Waals surface area contributed by atoms with Crippen LogP contribution >= 0.6 is 0 Å². The standard InChI is InChI=1S/C20H38O4Si/c1-13-14(19(5,6)21)11-12-15(24-25(9,10)18(2,3)4)17-16(13)22-20(7,8)23-17/h14-17,21H,1,11-12H2,2-10H3/t14-,15-,16+,17?/m1/s1. The lowest BCUT2D eigenvalue weighted by molar-refractivity contribution is -0.155. The Morgan fingerprint density at radius 2 is 1.68 bits per heavy atom. The summed E-state index contributed by atoms with van der Waals surface area (Å²) in [4.78, 5) is 0. The highest BCUT2D eigenvalue weighted by atomic mass is 28.4. The Hall–Kier alpha value is -0.203. The Balaban J connectivity index is 2.34. The predicted octanol–water partition coefficient (Wildman–Crippen LogP) is 4.63. The molecule has 0 spiro atoms. The van der Waals surface area contributed by atoms with Crippen LogP contribution < -0.4 is 0 Å².